The van der Waals surface area contributed by atoms with E-state index in [9.17, 15) is 13.6 Å². The average molecular weight is 508 g/mol. The molecular weight excluding hydrogens is 476 g/mol. The highest BCUT2D eigenvalue weighted by molar-refractivity contribution is 5.81. The molecule has 1 aliphatic heterocycles. The van der Waals surface area contributed by atoms with Crippen molar-refractivity contribution in [1.29, 1.82) is 5.41 Å². The van der Waals surface area contributed by atoms with E-state index < -0.39 is 0 Å². The Kier molecular flexibility index (Phi) is 7.40. The van der Waals surface area contributed by atoms with Gasteiger partial charge in [0.05, 0.1) is 17.7 Å². The number of nitrogens with one attached hydrogen (secondary N) is 2. The van der Waals surface area contributed by atoms with Crippen LogP contribution in [0.25, 0.3) is 17.2 Å². The predicted octanol–water partition coefficient (Wildman–Crippen LogP) is 4.04. The molecule has 4 rings (SSSR count). The molecule has 1 aliphatic rings. The third-order valence-electron chi connectivity index (χ3n) is 6.59. The van der Waals surface area contributed by atoms with E-state index in [1.54, 1.807) is 73.7 Å². The molecule has 37 heavy (non-hydrogen) atoms. The SMILES string of the molecule is CNC(=C/C=C(\C)n1ccn(-c2c3c(nn2-c2cc(C)c(F)c(C)c2)CCN(C)C3)c1=O)/C(C=N)=C/F. The Morgan fingerprint density at radius 3 is 2.51 bits per heavy atom. The summed E-state index contributed by atoms with van der Waals surface area (Å²) in [5.74, 6) is 0.371. The van der Waals surface area contributed by atoms with Gasteiger partial charge in [-0.1, -0.05) is 0 Å². The highest BCUT2D eigenvalue weighted by Gasteiger charge is 2.26. The number of aromatic nitrogens is 4. The van der Waals surface area contributed by atoms with Crippen molar-refractivity contribution in [3.8, 4) is 11.5 Å². The number of hydrogen-bond acceptors (Lipinski definition) is 5. The van der Waals surface area contributed by atoms with Gasteiger partial charge in [0, 0.05) is 67.7 Å². The number of allylic oxidation sites excluding steroid dienone is 4. The molecule has 0 saturated carbocycles. The Hall–Kier alpha value is -4.05. The summed E-state index contributed by atoms with van der Waals surface area (Å²) in [5, 5.41) is 15.1. The molecular formula is C27H31F2N7O. The van der Waals surface area contributed by atoms with Gasteiger partial charge >= 0.3 is 5.69 Å². The van der Waals surface area contributed by atoms with E-state index in [0.29, 0.717) is 46.9 Å². The van der Waals surface area contributed by atoms with Crippen LogP contribution < -0.4 is 11.0 Å². The molecule has 1 aromatic carbocycles. The number of hydrogen-bond donors (Lipinski definition) is 2. The lowest BCUT2D eigenvalue weighted by Gasteiger charge is -2.22. The molecule has 0 unspecified atom stereocenters. The van der Waals surface area contributed by atoms with Gasteiger partial charge in [0.1, 0.15) is 11.6 Å². The molecule has 3 heterocycles. The average Bonchev–Trinajstić information content (AvgIpc) is 3.44. The molecule has 2 N–H and O–H groups in total. The summed E-state index contributed by atoms with van der Waals surface area (Å²) >= 11 is 0. The van der Waals surface area contributed by atoms with Crippen molar-refractivity contribution in [2.45, 2.75) is 33.7 Å². The maximum atomic E-state index is 14.4. The molecule has 10 heteroatoms. The fraction of sp³-hybridized carbons (Fsp3) is 0.296. The lowest BCUT2D eigenvalue weighted by atomic mass is 10.1. The lowest BCUT2D eigenvalue weighted by Crippen LogP contribution is -2.28. The largest absolute Gasteiger partial charge is 0.388 e. The Balaban J connectivity index is 1.86. The van der Waals surface area contributed by atoms with Gasteiger partial charge in [0.2, 0.25) is 0 Å². The van der Waals surface area contributed by atoms with Crippen molar-refractivity contribution < 1.29 is 8.78 Å². The van der Waals surface area contributed by atoms with Gasteiger partial charge in [-0.25, -0.2) is 18.3 Å². The second kappa shape index (κ2) is 10.5. The third-order valence-corrected chi connectivity index (χ3v) is 6.59. The number of halogens is 2. The zero-order valence-electron chi connectivity index (χ0n) is 21.6. The summed E-state index contributed by atoms with van der Waals surface area (Å²) in [7, 11) is 3.65. The van der Waals surface area contributed by atoms with Crippen molar-refractivity contribution in [3.05, 3.63) is 93.0 Å². The Bertz CT molecular complexity index is 1480. The van der Waals surface area contributed by atoms with Crippen LogP contribution in [0.4, 0.5) is 8.78 Å². The number of fused-ring (bicyclic) bond motifs is 1. The van der Waals surface area contributed by atoms with E-state index >= 15 is 0 Å². The van der Waals surface area contributed by atoms with E-state index in [1.165, 1.54) is 4.57 Å². The summed E-state index contributed by atoms with van der Waals surface area (Å²) in [5.41, 5.74) is 4.37. The van der Waals surface area contributed by atoms with Gasteiger partial charge in [-0.05, 0) is 63.2 Å². The van der Waals surface area contributed by atoms with Crippen LogP contribution in [0.1, 0.15) is 29.3 Å². The summed E-state index contributed by atoms with van der Waals surface area (Å²) in [6.45, 7) is 6.69. The zero-order valence-corrected chi connectivity index (χ0v) is 21.6. The van der Waals surface area contributed by atoms with Crippen molar-refractivity contribution in [2.24, 2.45) is 0 Å². The monoisotopic (exact) mass is 507 g/mol. The minimum Gasteiger partial charge on any atom is -0.388 e. The second-order valence-electron chi connectivity index (χ2n) is 9.21. The molecule has 194 valence electrons. The topological polar surface area (TPSA) is 83.9 Å². The van der Waals surface area contributed by atoms with Gasteiger partial charge in [0.25, 0.3) is 0 Å². The Morgan fingerprint density at radius 1 is 1.19 bits per heavy atom. The van der Waals surface area contributed by atoms with Gasteiger partial charge in [-0.2, -0.15) is 5.10 Å². The van der Waals surface area contributed by atoms with Crippen LogP contribution in [0.5, 0.6) is 0 Å². The van der Waals surface area contributed by atoms with Crippen LogP contribution in [0.2, 0.25) is 0 Å². The van der Waals surface area contributed by atoms with Gasteiger partial charge < -0.3 is 15.6 Å². The van der Waals surface area contributed by atoms with E-state index in [1.807, 2.05) is 7.05 Å². The first-order valence-corrected chi connectivity index (χ1v) is 11.9. The van der Waals surface area contributed by atoms with Crippen LogP contribution in [-0.4, -0.2) is 50.7 Å². The lowest BCUT2D eigenvalue weighted by molar-refractivity contribution is 0.311. The fourth-order valence-corrected chi connectivity index (χ4v) is 4.55. The highest BCUT2D eigenvalue weighted by Crippen LogP contribution is 2.28. The Morgan fingerprint density at radius 2 is 1.89 bits per heavy atom. The molecule has 0 atom stereocenters. The molecule has 0 saturated heterocycles. The van der Waals surface area contributed by atoms with Crippen LogP contribution in [-0.2, 0) is 13.0 Å². The van der Waals surface area contributed by atoms with Crippen LogP contribution in [0.3, 0.4) is 0 Å². The number of nitrogens with zero attached hydrogens (tertiary/aromatic N) is 5. The first-order valence-electron chi connectivity index (χ1n) is 11.9. The molecule has 0 spiro atoms. The predicted molar refractivity (Wildman–Crippen MR) is 142 cm³/mol. The summed E-state index contributed by atoms with van der Waals surface area (Å²) < 4.78 is 32.2. The standard InChI is InChI=1S/C27H31F2N7O/c1-17-12-21(13-18(2)25(17)29)36-26(22-16-33(5)9-8-24(22)32-36)35-11-10-34(27(35)37)19(3)6-7-23(31-4)20(14-28)15-30/h6-7,10-15,30-31H,8-9,16H2,1-5H3/b19-6+,20-14+,23-7+,30-15?. The van der Waals surface area contributed by atoms with Crippen LogP contribution in [0, 0.1) is 25.1 Å². The number of likely N-dealkylation sites (N-methyl/N-ethyl adjacent to an activating group) is 2. The smallest absolute Gasteiger partial charge is 0.338 e. The van der Waals surface area contributed by atoms with Crippen LogP contribution in [0.15, 0.2) is 59.1 Å². The van der Waals surface area contributed by atoms with E-state index in [4.69, 9.17) is 10.5 Å². The van der Waals surface area contributed by atoms with Crippen molar-refractivity contribution in [2.75, 3.05) is 20.6 Å². The molecule has 0 bridgehead atoms. The molecule has 2 aromatic heterocycles. The summed E-state index contributed by atoms with van der Waals surface area (Å²) in [6, 6.07) is 3.48. The zero-order chi connectivity index (χ0) is 26.9. The van der Waals surface area contributed by atoms with Crippen molar-refractivity contribution in [1.82, 2.24) is 29.1 Å². The molecule has 8 nitrogen and oxygen atoms in total. The van der Waals surface area contributed by atoms with Crippen molar-refractivity contribution in [3.63, 3.8) is 0 Å². The van der Waals surface area contributed by atoms with E-state index in [-0.39, 0.29) is 17.1 Å². The summed E-state index contributed by atoms with van der Waals surface area (Å²) in [4.78, 5) is 15.8. The minimum absolute atomic E-state index is 0.0843. The molecule has 0 fully saturated rings. The van der Waals surface area contributed by atoms with Gasteiger partial charge in [-0.3, -0.25) is 9.13 Å². The normalized spacial score (nSPS) is 15.2. The first-order chi connectivity index (χ1) is 17.7. The highest BCUT2D eigenvalue weighted by atomic mass is 19.1. The minimum atomic E-state index is -0.297. The summed E-state index contributed by atoms with van der Waals surface area (Å²) in [6.07, 6.45) is 8.65. The van der Waals surface area contributed by atoms with E-state index in [2.05, 4.69) is 10.2 Å². The number of aryl methyl sites for hydroxylation is 2. The Labute approximate surface area is 214 Å². The molecule has 0 amide bonds. The number of rotatable bonds is 7. The third kappa shape index (κ3) is 4.84. The first kappa shape index (κ1) is 26.0. The van der Waals surface area contributed by atoms with Gasteiger partial charge in [-0.15, -0.1) is 0 Å². The molecule has 0 aliphatic carbocycles. The second-order valence-corrected chi connectivity index (χ2v) is 9.21. The molecule has 3 aromatic rings. The fourth-order valence-electron chi connectivity index (χ4n) is 4.55. The molecule has 0 radical (unpaired) electrons. The maximum Gasteiger partial charge on any atom is 0.338 e. The number of benzene rings is 1. The van der Waals surface area contributed by atoms with Crippen molar-refractivity contribution >= 4 is 11.9 Å². The quantitative estimate of drug-likeness (QED) is 0.374. The van der Waals surface area contributed by atoms with Crippen LogP contribution >= 0.6 is 0 Å². The van der Waals surface area contributed by atoms with Gasteiger partial charge in [0.15, 0.2) is 0 Å². The number of imidazole rings is 1. The van der Waals surface area contributed by atoms with E-state index in [0.717, 1.165) is 30.4 Å². The maximum absolute atomic E-state index is 14.4.